The van der Waals surface area contributed by atoms with Crippen LogP contribution < -0.4 is 10.6 Å². The average Bonchev–Trinajstić information content (AvgIpc) is 3.41. The summed E-state index contributed by atoms with van der Waals surface area (Å²) in [5.41, 5.74) is 2.55. The molecular weight excluding hydrogens is 421 g/mol. The van der Waals surface area contributed by atoms with Crippen LogP contribution in [0.15, 0.2) is 59.0 Å². The molecule has 0 bridgehead atoms. The lowest BCUT2D eigenvalue weighted by Gasteiger charge is -2.18. The molecule has 170 valence electrons. The third-order valence-electron chi connectivity index (χ3n) is 5.72. The van der Waals surface area contributed by atoms with Gasteiger partial charge in [0.25, 0.3) is 11.8 Å². The van der Waals surface area contributed by atoms with Crippen molar-refractivity contribution in [2.45, 2.75) is 13.8 Å². The summed E-state index contributed by atoms with van der Waals surface area (Å²) in [5, 5.41) is 5.69. The summed E-state index contributed by atoms with van der Waals surface area (Å²) in [6.45, 7) is 7.38. The first-order valence-electron chi connectivity index (χ1n) is 11.0. The van der Waals surface area contributed by atoms with Gasteiger partial charge in [-0.15, -0.1) is 0 Å². The van der Waals surface area contributed by atoms with Crippen LogP contribution in [0.3, 0.4) is 0 Å². The zero-order valence-electron chi connectivity index (χ0n) is 18.7. The largest absolute Gasteiger partial charge is 0.457 e. The first-order chi connectivity index (χ1) is 16.0. The van der Waals surface area contributed by atoms with E-state index in [4.69, 9.17) is 4.42 Å². The first-order valence-corrected chi connectivity index (χ1v) is 11.0. The number of benzene rings is 2. The number of rotatable bonds is 8. The molecule has 2 amide bonds. The highest BCUT2D eigenvalue weighted by Gasteiger charge is 2.25. The van der Waals surface area contributed by atoms with Crippen LogP contribution in [0.2, 0.25) is 0 Å². The number of nitrogens with one attached hydrogen (secondary N) is 2. The highest BCUT2D eigenvalue weighted by atomic mass is 19.1. The number of amides is 2. The summed E-state index contributed by atoms with van der Waals surface area (Å²) in [6, 6.07) is 14.9. The van der Waals surface area contributed by atoms with Crippen LogP contribution in [0.5, 0.6) is 0 Å². The fraction of sp³-hybridized carbons (Fsp3) is 0.231. The summed E-state index contributed by atoms with van der Waals surface area (Å²) >= 11 is 0. The van der Waals surface area contributed by atoms with E-state index in [2.05, 4.69) is 29.4 Å². The molecular formula is C26H26FN3O3. The smallest absolute Gasteiger partial charge is 0.256 e. The Morgan fingerprint density at radius 2 is 1.88 bits per heavy atom. The van der Waals surface area contributed by atoms with E-state index >= 15 is 0 Å². The van der Waals surface area contributed by atoms with Crippen molar-refractivity contribution in [3.8, 4) is 11.3 Å². The van der Waals surface area contributed by atoms with E-state index in [0.29, 0.717) is 46.0 Å². The van der Waals surface area contributed by atoms with Crippen molar-refractivity contribution >= 4 is 29.2 Å². The second-order valence-electron chi connectivity index (χ2n) is 7.73. The summed E-state index contributed by atoms with van der Waals surface area (Å²) < 4.78 is 19.6. The normalized spacial score (nSPS) is 13.9. The van der Waals surface area contributed by atoms with Gasteiger partial charge in [0.1, 0.15) is 17.3 Å². The van der Waals surface area contributed by atoms with Crippen LogP contribution in [0.1, 0.15) is 35.5 Å². The van der Waals surface area contributed by atoms with Gasteiger partial charge in [0.2, 0.25) is 0 Å². The molecule has 0 saturated heterocycles. The molecule has 0 radical (unpaired) electrons. The van der Waals surface area contributed by atoms with E-state index in [1.54, 1.807) is 24.3 Å². The molecule has 0 unspecified atom stereocenters. The molecule has 6 nitrogen and oxygen atoms in total. The van der Waals surface area contributed by atoms with E-state index in [0.717, 1.165) is 19.6 Å². The number of fused-ring (bicyclic) bond motifs is 1. The van der Waals surface area contributed by atoms with Gasteiger partial charge in [-0.25, -0.2) is 4.39 Å². The average molecular weight is 448 g/mol. The predicted molar refractivity (Wildman–Crippen MR) is 127 cm³/mol. The summed E-state index contributed by atoms with van der Waals surface area (Å²) in [6.07, 6.45) is 1.58. The van der Waals surface area contributed by atoms with Gasteiger partial charge in [-0.1, -0.05) is 32.0 Å². The fourth-order valence-corrected chi connectivity index (χ4v) is 3.88. The predicted octanol–water partition coefficient (Wildman–Crippen LogP) is 4.65. The lowest BCUT2D eigenvalue weighted by molar-refractivity contribution is -0.110. The van der Waals surface area contributed by atoms with Crippen molar-refractivity contribution in [1.29, 1.82) is 0 Å². The molecule has 1 aliphatic heterocycles. The quantitative estimate of drug-likeness (QED) is 0.493. The lowest BCUT2D eigenvalue weighted by Crippen LogP contribution is -2.34. The molecule has 1 aliphatic rings. The number of anilines is 1. The van der Waals surface area contributed by atoms with E-state index < -0.39 is 5.82 Å². The molecule has 0 atom stereocenters. The van der Waals surface area contributed by atoms with Crippen molar-refractivity contribution in [3.63, 3.8) is 0 Å². The molecule has 4 rings (SSSR count). The Kier molecular flexibility index (Phi) is 6.70. The van der Waals surface area contributed by atoms with Gasteiger partial charge in [0, 0.05) is 29.9 Å². The molecule has 3 aromatic rings. The van der Waals surface area contributed by atoms with Gasteiger partial charge in [-0.05, 0) is 55.6 Å². The SMILES string of the molecule is CCN(CC)CCNC(=O)c1ccccc1-c1ccc(C=C2C(=O)Nc3ccc(F)cc32)o1. The number of hydrogen-bond donors (Lipinski definition) is 2. The number of halogens is 1. The Morgan fingerprint density at radius 1 is 1.09 bits per heavy atom. The molecule has 0 spiro atoms. The van der Waals surface area contributed by atoms with Gasteiger partial charge in [0.15, 0.2) is 0 Å². The minimum atomic E-state index is -0.419. The Balaban J connectivity index is 1.55. The molecule has 33 heavy (non-hydrogen) atoms. The van der Waals surface area contributed by atoms with Crippen LogP contribution in [0, 0.1) is 5.82 Å². The highest BCUT2D eigenvalue weighted by molar-refractivity contribution is 6.34. The number of furan rings is 1. The zero-order chi connectivity index (χ0) is 23.4. The Bertz CT molecular complexity index is 1210. The van der Waals surface area contributed by atoms with Gasteiger partial charge in [0.05, 0.1) is 11.1 Å². The summed E-state index contributed by atoms with van der Waals surface area (Å²) in [4.78, 5) is 27.4. The molecule has 2 heterocycles. The summed E-state index contributed by atoms with van der Waals surface area (Å²) in [5.74, 6) is 0.0330. The van der Waals surface area contributed by atoms with E-state index in [-0.39, 0.29) is 11.8 Å². The second kappa shape index (κ2) is 9.83. The minimum absolute atomic E-state index is 0.173. The third-order valence-corrected chi connectivity index (χ3v) is 5.72. The minimum Gasteiger partial charge on any atom is -0.457 e. The summed E-state index contributed by atoms with van der Waals surface area (Å²) in [7, 11) is 0. The maximum absolute atomic E-state index is 13.7. The molecule has 2 aromatic carbocycles. The van der Waals surface area contributed by atoms with Crippen LogP contribution in [-0.4, -0.2) is 42.9 Å². The van der Waals surface area contributed by atoms with Crippen molar-refractivity contribution in [2.75, 3.05) is 31.5 Å². The molecule has 1 aromatic heterocycles. The lowest BCUT2D eigenvalue weighted by atomic mass is 10.0. The monoisotopic (exact) mass is 447 g/mol. The van der Waals surface area contributed by atoms with Gasteiger partial charge < -0.3 is 20.0 Å². The van der Waals surface area contributed by atoms with Gasteiger partial charge in [-0.2, -0.15) is 0 Å². The number of nitrogens with zero attached hydrogens (tertiary/aromatic N) is 1. The Hall–Kier alpha value is -3.71. The maximum Gasteiger partial charge on any atom is 0.256 e. The van der Waals surface area contributed by atoms with Gasteiger partial charge in [-0.3, -0.25) is 9.59 Å². The highest BCUT2D eigenvalue weighted by Crippen LogP contribution is 2.34. The third kappa shape index (κ3) is 4.88. The first kappa shape index (κ1) is 22.5. The number of likely N-dealkylation sites (N-methyl/N-ethyl adjacent to an activating group) is 1. The van der Waals surface area contributed by atoms with E-state index in [9.17, 15) is 14.0 Å². The Morgan fingerprint density at radius 3 is 2.67 bits per heavy atom. The fourth-order valence-electron chi connectivity index (χ4n) is 3.88. The topological polar surface area (TPSA) is 74.6 Å². The van der Waals surface area contributed by atoms with E-state index in [1.807, 2.05) is 18.2 Å². The number of carbonyl (C=O) groups excluding carboxylic acids is 2. The van der Waals surface area contributed by atoms with E-state index in [1.165, 1.54) is 18.2 Å². The van der Waals surface area contributed by atoms with Crippen LogP contribution in [0.4, 0.5) is 10.1 Å². The molecule has 0 aliphatic carbocycles. The Labute approximate surface area is 192 Å². The molecule has 7 heteroatoms. The molecule has 0 fully saturated rings. The van der Waals surface area contributed by atoms with Crippen LogP contribution >= 0.6 is 0 Å². The maximum atomic E-state index is 13.7. The van der Waals surface area contributed by atoms with Crippen molar-refractivity contribution in [1.82, 2.24) is 10.2 Å². The molecule has 0 saturated carbocycles. The van der Waals surface area contributed by atoms with Crippen LogP contribution in [-0.2, 0) is 4.79 Å². The van der Waals surface area contributed by atoms with Crippen molar-refractivity contribution < 1.29 is 18.4 Å². The van der Waals surface area contributed by atoms with Crippen molar-refractivity contribution in [2.24, 2.45) is 0 Å². The molecule has 2 N–H and O–H groups in total. The number of carbonyl (C=O) groups is 2. The second-order valence-corrected chi connectivity index (χ2v) is 7.73. The standard InChI is InChI=1S/C26H26FN3O3/c1-3-30(4-2)14-13-28-25(31)20-8-6-5-7-19(20)24-12-10-18(33-24)16-22-21-15-17(27)9-11-23(21)29-26(22)32/h5-12,15-16H,3-4,13-14H2,1-2H3,(H,28,31)(H,29,32). The van der Waals surface area contributed by atoms with Crippen LogP contribution in [0.25, 0.3) is 23.0 Å². The van der Waals surface area contributed by atoms with Crippen molar-refractivity contribution in [3.05, 3.63) is 77.3 Å². The van der Waals surface area contributed by atoms with Gasteiger partial charge >= 0.3 is 0 Å². The number of hydrogen-bond acceptors (Lipinski definition) is 4. The zero-order valence-corrected chi connectivity index (χ0v) is 18.7.